The minimum Gasteiger partial charge on any atom is -0.489 e. The molecule has 1 aliphatic heterocycles. The number of hydrogen-bond acceptors (Lipinski definition) is 6. The molecule has 9 heteroatoms. The number of benzene rings is 3. The summed E-state index contributed by atoms with van der Waals surface area (Å²) in [6.07, 6.45) is 2.06. The normalized spacial score (nSPS) is 15.7. The molecule has 0 N–H and O–H groups in total. The van der Waals surface area contributed by atoms with Gasteiger partial charge in [0.2, 0.25) is 5.91 Å². The summed E-state index contributed by atoms with van der Waals surface area (Å²) >= 11 is 13.0. The standard InChI is InChI=1S/C31H26Cl2N2O5/c1-31(2)22-15-20(13-14-25(22)35(30(31)37)19-11-9-18(10-12-19)29(36)38-3)39-16-21-27(34-40-28(21)17-7-8-17)26-23(32)5-4-6-24(26)33/h4-6,9-15,17H,7-8,16H2,1-3H3. The Hall–Kier alpha value is -3.81. The van der Waals surface area contributed by atoms with Gasteiger partial charge in [-0.15, -0.1) is 0 Å². The molecule has 0 atom stereocenters. The van der Waals surface area contributed by atoms with Gasteiger partial charge in [-0.3, -0.25) is 9.69 Å². The van der Waals surface area contributed by atoms with E-state index in [2.05, 4.69) is 5.16 Å². The second kappa shape index (κ2) is 9.98. The first-order valence-corrected chi connectivity index (χ1v) is 13.7. The third kappa shape index (κ3) is 4.43. The van der Waals surface area contributed by atoms with Crippen LogP contribution < -0.4 is 9.64 Å². The summed E-state index contributed by atoms with van der Waals surface area (Å²) in [6.45, 7) is 3.99. The van der Waals surface area contributed by atoms with Crippen LogP contribution in [0.2, 0.25) is 10.0 Å². The maximum absolute atomic E-state index is 13.6. The molecule has 0 unspecified atom stereocenters. The van der Waals surface area contributed by atoms with Crippen molar-refractivity contribution in [2.45, 2.75) is 44.6 Å². The summed E-state index contributed by atoms with van der Waals surface area (Å²) in [4.78, 5) is 27.1. The Morgan fingerprint density at radius 2 is 1.77 bits per heavy atom. The van der Waals surface area contributed by atoms with E-state index < -0.39 is 11.4 Å². The Labute approximate surface area is 241 Å². The van der Waals surface area contributed by atoms with Crippen molar-refractivity contribution in [1.29, 1.82) is 0 Å². The van der Waals surface area contributed by atoms with Gasteiger partial charge in [0.15, 0.2) is 0 Å². The van der Waals surface area contributed by atoms with Crippen molar-refractivity contribution < 1.29 is 23.6 Å². The summed E-state index contributed by atoms with van der Waals surface area (Å²) in [7, 11) is 1.33. The van der Waals surface area contributed by atoms with E-state index in [1.807, 2.05) is 32.0 Å². The lowest BCUT2D eigenvalue weighted by Crippen LogP contribution is -2.33. The fourth-order valence-electron chi connectivity index (χ4n) is 5.13. The molecule has 1 amide bonds. The SMILES string of the molecule is COC(=O)c1ccc(N2C(=O)C(C)(C)c3cc(OCc4c(-c5c(Cl)cccc5Cl)noc4C4CC4)ccc32)cc1. The minimum absolute atomic E-state index is 0.0730. The zero-order valence-electron chi connectivity index (χ0n) is 22.2. The lowest BCUT2D eigenvalue weighted by molar-refractivity contribution is -0.121. The molecule has 0 saturated heterocycles. The number of hydrogen-bond donors (Lipinski definition) is 0. The number of carbonyl (C=O) groups is 2. The average molecular weight is 577 g/mol. The predicted octanol–water partition coefficient (Wildman–Crippen LogP) is 7.85. The summed E-state index contributed by atoms with van der Waals surface area (Å²) in [6, 6.07) is 17.7. The third-order valence-electron chi connectivity index (χ3n) is 7.52. The van der Waals surface area contributed by atoms with Crippen molar-refractivity contribution in [2.24, 2.45) is 0 Å². The number of fused-ring (bicyclic) bond motifs is 1. The van der Waals surface area contributed by atoms with Crippen LogP contribution in [0.15, 0.2) is 65.2 Å². The number of halogens is 2. The lowest BCUT2D eigenvalue weighted by atomic mass is 9.86. The van der Waals surface area contributed by atoms with Crippen LogP contribution in [-0.2, 0) is 21.6 Å². The number of esters is 1. The Morgan fingerprint density at radius 3 is 2.42 bits per heavy atom. The number of anilines is 2. The van der Waals surface area contributed by atoms with Crippen LogP contribution in [0.1, 0.15) is 59.9 Å². The van der Waals surface area contributed by atoms with Gasteiger partial charge in [0.25, 0.3) is 0 Å². The first-order valence-electron chi connectivity index (χ1n) is 12.9. The van der Waals surface area contributed by atoms with E-state index in [-0.39, 0.29) is 12.5 Å². The van der Waals surface area contributed by atoms with Crippen molar-refractivity contribution in [1.82, 2.24) is 5.16 Å². The Bertz CT molecular complexity index is 1620. The van der Waals surface area contributed by atoms with Gasteiger partial charge in [-0.05, 0) is 86.8 Å². The van der Waals surface area contributed by atoms with Gasteiger partial charge in [-0.2, -0.15) is 0 Å². The maximum Gasteiger partial charge on any atom is 0.337 e. The topological polar surface area (TPSA) is 81.9 Å². The average Bonchev–Trinajstić information content (AvgIpc) is 3.68. The van der Waals surface area contributed by atoms with Crippen LogP contribution >= 0.6 is 23.2 Å². The first-order chi connectivity index (χ1) is 19.2. The maximum atomic E-state index is 13.6. The van der Waals surface area contributed by atoms with E-state index >= 15 is 0 Å². The largest absolute Gasteiger partial charge is 0.489 e. The molecular formula is C31H26Cl2N2O5. The number of aromatic nitrogens is 1. The van der Waals surface area contributed by atoms with Crippen LogP contribution in [0.3, 0.4) is 0 Å². The molecule has 7 nitrogen and oxygen atoms in total. The van der Waals surface area contributed by atoms with Gasteiger partial charge in [0.1, 0.15) is 23.8 Å². The number of ether oxygens (including phenoxy) is 2. The molecule has 1 fully saturated rings. The van der Waals surface area contributed by atoms with Crippen LogP contribution in [0.5, 0.6) is 5.75 Å². The second-order valence-corrected chi connectivity index (χ2v) is 11.3. The number of carbonyl (C=O) groups excluding carboxylic acids is 2. The van der Waals surface area contributed by atoms with Crippen molar-refractivity contribution in [3.8, 4) is 17.0 Å². The lowest BCUT2D eigenvalue weighted by Gasteiger charge is -2.20. The van der Waals surface area contributed by atoms with Crippen LogP contribution in [0.25, 0.3) is 11.3 Å². The molecule has 1 saturated carbocycles. The fourth-order valence-corrected chi connectivity index (χ4v) is 5.71. The van der Waals surface area contributed by atoms with E-state index in [0.717, 1.165) is 35.4 Å². The molecule has 6 rings (SSSR count). The molecule has 1 aromatic heterocycles. The summed E-state index contributed by atoms with van der Waals surface area (Å²) in [5, 5.41) is 5.31. The Balaban J connectivity index is 1.31. The highest BCUT2D eigenvalue weighted by atomic mass is 35.5. The molecule has 2 aliphatic rings. The number of nitrogens with zero attached hydrogens (tertiary/aromatic N) is 2. The minimum atomic E-state index is -0.789. The van der Waals surface area contributed by atoms with Gasteiger partial charge in [0.05, 0.1) is 39.4 Å². The van der Waals surface area contributed by atoms with E-state index in [1.165, 1.54) is 7.11 Å². The van der Waals surface area contributed by atoms with Crippen LogP contribution in [-0.4, -0.2) is 24.1 Å². The highest BCUT2D eigenvalue weighted by Gasteiger charge is 2.45. The number of methoxy groups -OCH3 is 1. The highest BCUT2D eigenvalue weighted by Crippen LogP contribution is 2.48. The monoisotopic (exact) mass is 576 g/mol. The van der Waals surface area contributed by atoms with Gasteiger partial charge < -0.3 is 14.0 Å². The van der Waals surface area contributed by atoms with Gasteiger partial charge in [-0.1, -0.05) is 34.4 Å². The third-order valence-corrected chi connectivity index (χ3v) is 8.15. The van der Waals surface area contributed by atoms with Crippen molar-refractivity contribution in [2.75, 3.05) is 12.0 Å². The summed E-state index contributed by atoms with van der Waals surface area (Å²) in [5.74, 6) is 1.21. The summed E-state index contributed by atoms with van der Waals surface area (Å²) in [5.41, 5.74) is 3.92. The number of amides is 1. The molecular weight excluding hydrogens is 551 g/mol. The first kappa shape index (κ1) is 26.4. The van der Waals surface area contributed by atoms with Crippen molar-refractivity contribution >= 4 is 46.5 Å². The van der Waals surface area contributed by atoms with E-state index in [0.29, 0.717) is 44.2 Å². The quantitative estimate of drug-likeness (QED) is 0.208. The van der Waals surface area contributed by atoms with Crippen LogP contribution in [0, 0.1) is 0 Å². The van der Waals surface area contributed by atoms with E-state index in [4.69, 9.17) is 37.2 Å². The van der Waals surface area contributed by atoms with Crippen molar-refractivity contribution in [3.05, 3.63) is 93.2 Å². The molecule has 2 heterocycles. The van der Waals surface area contributed by atoms with Gasteiger partial charge in [0, 0.05) is 17.2 Å². The molecule has 40 heavy (non-hydrogen) atoms. The summed E-state index contributed by atoms with van der Waals surface area (Å²) < 4.78 is 16.8. The second-order valence-electron chi connectivity index (χ2n) is 10.5. The van der Waals surface area contributed by atoms with Gasteiger partial charge >= 0.3 is 5.97 Å². The van der Waals surface area contributed by atoms with Crippen LogP contribution in [0.4, 0.5) is 11.4 Å². The number of rotatable bonds is 7. The molecule has 0 spiro atoms. The van der Waals surface area contributed by atoms with Gasteiger partial charge in [-0.25, -0.2) is 4.79 Å². The Morgan fingerprint density at radius 1 is 1.07 bits per heavy atom. The zero-order valence-corrected chi connectivity index (χ0v) is 23.7. The van der Waals surface area contributed by atoms with Crippen molar-refractivity contribution in [3.63, 3.8) is 0 Å². The van der Waals surface area contributed by atoms with E-state index in [1.54, 1.807) is 47.4 Å². The molecule has 0 radical (unpaired) electrons. The van der Waals surface area contributed by atoms with E-state index in [9.17, 15) is 9.59 Å². The molecule has 3 aromatic carbocycles. The predicted molar refractivity (Wildman–Crippen MR) is 153 cm³/mol. The highest BCUT2D eigenvalue weighted by molar-refractivity contribution is 6.39. The molecule has 204 valence electrons. The molecule has 1 aliphatic carbocycles. The Kier molecular flexibility index (Phi) is 6.59. The molecule has 0 bridgehead atoms. The zero-order chi connectivity index (χ0) is 28.2. The fraction of sp³-hybridized carbons (Fsp3) is 0.258. The smallest absolute Gasteiger partial charge is 0.337 e. The molecule has 4 aromatic rings.